The molecule has 0 saturated carbocycles. The van der Waals surface area contributed by atoms with E-state index >= 15 is 0 Å². The molecule has 0 bridgehead atoms. The highest BCUT2D eigenvalue weighted by atomic mass is 32.2. The molecule has 7 nitrogen and oxygen atoms in total. The Morgan fingerprint density at radius 2 is 1.81 bits per heavy atom. The van der Waals surface area contributed by atoms with Crippen molar-refractivity contribution in [1.82, 2.24) is 9.97 Å². The van der Waals surface area contributed by atoms with Gasteiger partial charge in [0.15, 0.2) is 5.16 Å². The van der Waals surface area contributed by atoms with Crippen LogP contribution in [0.2, 0.25) is 0 Å². The fourth-order valence-electron chi connectivity index (χ4n) is 3.19. The second-order valence-corrected chi connectivity index (χ2v) is 7.93. The number of carbonyl (C=O) groups excluding carboxylic acids is 2. The lowest BCUT2D eigenvalue weighted by molar-refractivity contribution is -0.123. The molecule has 1 aromatic heterocycles. The summed E-state index contributed by atoms with van der Waals surface area (Å²) in [5.41, 5.74) is -0.175. The van der Waals surface area contributed by atoms with Gasteiger partial charge in [-0.1, -0.05) is 23.9 Å². The first-order valence-corrected chi connectivity index (χ1v) is 10.4. The standard InChI is InChI=1S/C21H15F3N4O3S/c22-11-3-1-10(2-4-11)9-32-21-27-18-17(20(31)28-21)13(8-16(29)26-18)19(30)25-15-6-5-12(23)7-14(15)24/h1-7,13H,8-9H2,(H,25,30)(H2,26,27,28,29,31)/t13-/m1/s1. The molecule has 0 unspecified atom stereocenters. The minimum atomic E-state index is -1.21. The number of thioether (sulfide) groups is 1. The van der Waals surface area contributed by atoms with Crippen LogP contribution in [0, 0.1) is 17.5 Å². The second-order valence-electron chi connectivity index (χ2n) is 6.97. The smallest absolute Gasteiger partial charge is 0.257 e. The Bertz CT molecular complexity index is 1260. The van der Waals surface area contributed by atoms with E-state index in [-0.39, 0.29) is 34.5 Å². The number of aromatic nitrogens is 2. The second kappa shape index (κ2) is 8.87. The molecule has 0 fully saturated rings. The van der Waals surface area contributed by atoms with Crippen LogP contribution in [-0.4, -0.2) is 21.8 Å². The number of halogens is 3. The lowest BCUT2D eigenvalue weighted by atomic mass is 9.92. The normalized spacial score (nSPS) is 15.1. The van der Waals surface area contributed by atoms with Crippen molar-refractivity contribution in [1.29, 1.82) is 0 Å². The van der Waals surface area contributed by atoms with Crippen molar-refractivity contribution in [3.63, 3.8) is 0 Å². The van der Waals surface area contributed by atoms with E-state index in [4.69, 9.17) is 0 Å². The summed E-state index contributed by atoms with van der Waals surface area (Å²) >= 11 is 1.16. The first-order chi connectivity index (χ1) is 15.3. The number of nitrogens with one attached hydrogen (secondary N) is 3. The first kappa shape index (κ1) is 21.6. The zero-order chi connectivity index (χ0) is 22.8. The van der Waals surface area contributed by atoms with Crippen LogP contribution >= 0.6 is 11.8 Å². The van der Waals surface area contributed by atoms with E-state index in [2.05, 4.69) is 20.6 Å². The summed E-state index contributed by atoms with van der Waals surface area (Å²) in [5, 5.41) is 4.96. The predicted octanol–water partition coefficient (Wildman–Crippen LogP) is 3.54. The Kier molecular flexibility index (Phi) is 5.99. The van der Waals surface area contributed by atoms with Gasteiger partial charge in [0.25, 0.3) is 5.56 Å². The van der Waals surface area contributed by atoms with Crippen molar-refractivity contribution in [2.45, 2.75) is 23.2 Å². The quantitative estimate of drug-likeness (QED) is 0.399. The maximum atomic E-state index is 13.9. The van der Waals surface area contributed by atoms with E-state index in [9.17, 15) is 27.6 Å². The maximum absolute atomic E-state index is 13.9. The third-order valence-corrected chi connectivity index (χ3v) is 5.67. The number of amides is 2. The van der Waals surface area contributed by atoms with Crippen molar-refractivity contribution < 1.29 is 22.8 Å². The van der Waals surface area contributed by atoms with Crippen LogP contribution in [-0.2, 0) is 15.3 Å². The number of hydrogen-bond acceptors (Lipinski definition) is 5. The number of carbonyl (C=O) groups is 2. The van der Waals surface area contributed by atoms with E-state index in [1.54, 1.807) is 12.1 Å². The van der Waals surface area contributed by atoms with Gasteiger partial charge in [-0.3, -0.25) is 14.4 Å². The van der Waals surface area contributed by atoms with Crippen LogP contribution in [0.4, 0.5) is 24.7 Å². The molecule has 1 aliphatic heterocycles. The Morgan fingerprint density at radius 1 is 1.09 bits per heavy atom. The SMILES string of the molecule is O=C1C[C@@H](C(=O)Nc2ccc(F)cc2F)c2c(nc(SCc3ccc(F)cc3)[nH]c2=O)N1. The number of hydrogen-bond donors (Lipinski definition) is 3. The molecule has 1 atom stereocenters. The molecule has 3 N–H and O–H groups in total. The van der Waals surface area contributed by atoms with Gasteiger partial charge in [0, 0.05) is 18.2 Å². The third kappa shape index (κ3) is 4.67. The molecule has 0 aliphatic carbocycles. The zero-order valence-corrected chi connectivity index (χ0v) is 17.1. The summed E-state index contributed by atoms with van der Waals surface area (Å²) in [4.78, 5) is 44.4. The van der Waals surface area contributed by atoms with Crippen molar-refractivity contribution >= 4 is 35.1 Å². The van der Waals surface area contributed by atoms with Gasteiger partial charge in [-0.15, -0.1) is 0 Å². The number of nitrogens with zero attached hydrogens (tertiary/aromatic N) is 1. The van der Waals surface area contributed by atoms with E-state index < -0.39 is 34.9 Å². The molecule has 2 amide bonds. The highest BCUT2D eigenvalue weighted by Gasteiger charge is 2.35. The van der Waals surface area contributed by atoms with E-state index in [0.717, 1.165) is 29.5 Å². The zero-order valence-electron chi connectivity index (χ0n) is 16.2. The summed E-state index contributed by atoms with van der Waals surface area (Å²) in [5.74, 6) is -4.40. The van der Waals surface area contributed by atoms with E-state index in [0.29, 0.717) is 11.8 Å². The number of rotatable bonds is 5. The van der Waals surface area contributed by atoms with Crippen molar-refractivity contribution in [2.75, 3.05) is 10.6 Å². The van der Waals surface area contributed by atoms with Crippen LogP contribution in [0.15, 0.2) is 52.4 Å². The van der Waals surface area contributed by atoms with Gasteiger partial charge in [0.1, 0.15) is 23.3 Å². The molecule has 164 valence electrons. The van der Waals surface area contributed by atoms with Crippen molar-refractivity contribution in [3.8, 4) is 0 Å². The molecule has 11 heteroatoms. The van der Waals surface area contributed by atoms with Gasteiger partial charge in [-0.2, -0.15) is 0 Å². The monoisotopic (exact) mass is 460 g/mol. The average molecular weight is 460 g/mol. The average Bonchev–Trinajstić information content (AvgIpc) is 2.74. The number of fused-ring (bicyclic) bond motifs is 1. The molecule has 32 heavy (non-hydrogen) atoms. The Hall–Kier alpha value is -3.60. The van der Waals surface area contributed by atoms with Gasteiger partial charge in [-0.05, 0) is 29.8 Å². The fraction of sp³-hybridized carbons (Fsp3) is 0.143. The molecule has 1 aliphatic rings. The van der Waals surface area contributed by atoms with Crippen LogP contribution in [0.25, 0.3) is 0 Å². The van der Waals surface area contributed by atoms with Gasteiger partial charge in [0.05, 0.1) is 17.2 Å². The molecular formula is C21H15F3N4O3S. The summed E-state index contributed by atoms with van der Waals surface area (Å²) < 4.78 is 40.0. The van der Waals surface area contributed by atoms with Gasteiger partial charge in [0.2, 0.25) is 11.8 Å². The molecule has 3 aromatic rings. The minimum Gasteiger partial charge on any atom is -0.323 e. The predicted molar refractivity (Wildman–Crippen MR) is 112 cm³/mol. The summed E-state index contributed by atoms with van der Waals surface area (Å²) in [6.07, 6.45) is -0.339. The number of aromatic amines is 1. The number of benzene rings is 2. The first-order valence-electron chi connectivity index (χ1n) is 9.37. The van der Waals surface area contributed by atoms with Crippen LogP contribution < -0.4 is 16.2 Å². The van der Waals surface area contributed by atoms with Gasteiger partial charge in [-0.25, -0.2) is 18.2 Å². The van der Waals surface area contributed by atoms with Crippen LogP contribution in [0.3, 0.4) is 0 Å². The highest BCUT2D eigenvalue weighted by molar-refractivity contribution is 7.98. The van der Waals surface area contributed by atoms with Crippen LogP contribution in [0.5, 0.6) is 0 Å². The highest BCUT2D eigenvalue weighted by Crippen LogP contribution is 2.31. The largest absolute Gasteiger partial charge is 0.323 e. The van der Waals surface area contributed by atoms with E-state index in [1.165, 1.54) is 12.1 Å². The summed E-state index contributed by atoms with van der Waals surface area (Å²) in [7, 11) is 0. The Balaban J connectivity index is 1.57. The number of anilines is 2. The summed E-state index contributed by atoms with van der Waals surface area (Å²) in [6, 6.07) is 8.43. The molecule has 0 radical (unpaired) electrons. The molecule has 0 spiro atoms. The van der Waals surface area contributed by atoms with Crippen LogP contribution in [0.1, 0.15) is 23.5 Å². The van der Waals surface area contributed by atoms with Crippen molar-refractivity contribution in [2.24, 2.45) is 0 Å². The Labute approximate surface area is 183 Å². The lowest BCUT2D eigenvalue weighted by Gasteiger charge is -2.23. The fourth-order valence-corrected chi connectivity index (χ4v) is 4.00. The number of H-pyrrole nitrogens is 1. The van der Waals surface area contributed by atoms with E-state index in [1.807, 2.05) is 0 Å². The van der Waals surface area contributed by atoms with Crippen molar-refractivity contribution in [3.05, 3.63) is 81.4 Å². The third-order valence-electron chi connectivity index (χ3n) is 4.72. The molecule has 4 rings (SSSR count). The Morgan fingerprint density at radius 3 is 2.53 bits per heavy atom. The summed E-state index contributed by atoms with van der Waals surface area (Å²) in [6.45, 7) is 0. The topological polar surface area (TPSA) is 104 Å². The molecule has 0 saturated heterocycles. The minimum absolute atomic E-state index is 0.0595. The molecule has 2 heterocycles. The van der Waals surface area contributed by atoms with Gasteiger partial charge >= 0.3 is 0 Å². The maximum Gasteiger partial charge on any atom is 0.257 e. The molecule has 2 aromatic carbocycles. The lowest BCUT2D eigenvalue weighted by Crippen LogP contribution is -2.36. The van der Waals surface area contributed by atoms with Gasteiger partial charge < -0.3 is 15.6 Å². The molecular weight excluding hydrogens is 445 g/mol.